The third kappa shape index (κ3) is 3.20. The Morgan fingerprint density at radius 3 is 2.43 bits per heavy atom. The Bertz CT molecular complexity index is 1080. The molecule has 0 saturated heterocycles. The summed E-state index contributed by atoms with van der Waals surface area (Å²) in [7, 11) is 0. The summed E-state index contributed by atoms with van der Waals surface area (Å²) in [5.41, 5.74) is 4.29. The van der Waals surface area contributed by atoms with Crippen LogP contribution in [0.15, 0.2) is 36.8 Å². The molecule has 1 fully saturated rings. The summed E-state index contributed by atoms with van der Waals surface area (Å²) in [5.74, 6) is 0.486. The summed E-state index contributed by atoms with van der Waals surface area (Å²) in [5, 5.41) is 9.86. The summed E-state index contributed by atoms with van der Waals surface area (Å²) in [6.07, 6.45) is 6.97. The quantitative estimate of drug-likeness (QED) is 0.609. The van der Waals surface area contributed by atoms with Crippen molar-refractivity contribution in [1.29, 1.82) is 5.26 Å². The lowest BCUT2D eigenvalue weighted by molar-refractivity contribution is 0.0968. The fraction of sp³-hybridized carbons (Fsp3) is 0.318. The van der Waals surface area contributed by atoms with Gasteiger partial charge in [-0.3, -0.25) is 9.78 Å². The van der Waals surface area contributed by atoms with Crippen molar-refractivity contribution in [2.24, 2.45) is 5.92 Å². The van der Waals surface area contributed by atoms with E-state index < -0.39 is 0 Å². The Morgan fingerprint density at radius 2 is 1.82 bits per heavy atom. The SMILES string of the molecule is CCN(CC)c1c(C(=O)C2CC2)cnc2ccc(-c3cnc(C#N)nc3)cc12. The van der Waals surface area contributed by atoms with Crippen molar-refractivity contribution >= 4 is 22.4 Å². The number of nitrogens with zero attached hydrogens (tertiary/aromatic N) is 5. The zero-order valence-corrected chi connectivity index (χ0v) is 16.0. The standard InChI is InChI=1S/C22H21N5O/c1-3-27(4-2)21-17-9-15(16-11-25-20(10-23)26-12-16)7-8-19(17)24-13-18(21)22(28)14-5-6-14/h7-9,11-14H,3-6H2,1-2H3. The van der Waals surface area contributed by atoms with E-state index in [1.54, 1.807) is 18.6 Å². The van der Waals surface area contributed by atoms with Crippen LogP contribution in [0.2, 0.25) is 0 Å². The van der Waals surface area contributed by atoms with Crippen LogP contribution in [0.3, 0.4) is 0 Å². The first kappa shape index (κ1) is 18.1. The number of aromatic nitrogens is 3. The van der Waals surface area contributed by atoms with Gasteiger partial charge in [0.05, 0.1) is 16.8 Å². The van der Waals surface area contributed by atoms with Crippen molar-refractivity contribution in [3.63, 3.8) is 0 Å². The number of fused-ring (bicyclic) bond motifs is 1. The predicted octanol–water partition coefficient (Wildman–Crippen LogP) is 4.00. The highest BCUT2D eigenvalue weighted by atomic mass is 16.1. The molecule has 0 bridgehead atoms. The van der Waals surface area contributed by atoms with Crippen LogP contribution < -0.4 is 4.90 Å². The van der Waals surface area contributed by atoms with Crippen molar-refractivity contribution in [3.05, 3.63) is 48.2 Å². The van der Waals surface area contributed by atoms with E-state index in [-0.39, 0.29) is 17.5 Å². The molecule has 0 N–H and O–H groups in total. The van der Waals surface area contributed by atoms with Crippen molar-refractivity contribution in [2.75, 3.05) is 18.0 Å². The van der Waals surface area contributed by atoms with E-state index in [0.29, 0.717) is 5.56 Å². The number of nitriles is 1. The monoisotopic (exact) mass is 371 g/mol. The number of hydrogen-bond acceptors (Lipinski definition) is 6. The maximum atomic E-state index is 12.9. The van der Waals surface area contributed by atoms with Crippen molar-refractivity contribution < 1.29 is 4.79 Å². The van der Waals surface area contributed by atoms with Gasteiger partial charge in [-0.05, 0) is 44.4 Å². The first-order chi connectivity index (χ1) is 13.7. The summed E-state index contributed by atoms with van der Waals surface area (Å²) in [6, 6.07) is 7.91. The Labute approximate surface area is 163 Å². The molecule has 4 rings (SSSR count). The lowest BCUT2D eigenvalue weighted by atomic mass is 9.99. The molecule has 6 heteroatoms. The highest BCUT2D eigenvalue weighted by molar-refractivity contribution is 6.10. The number of Topliss-reactive ketones (excluding diaryl/α,β-unsaturated/α-hetero) is 1. The Kier molecular flexibility index (Phi) is 4.74. The van der Waals surface area contributed by atoms with Crippen molar-refractivity contribution in [1.82, 2.24) is 15.0 Å². The third-order valence-electron chi connectivity index (χ3n) is 5.22. The number of benzene rings is 1. The van der Waals surface area contributed by atoms with Crippen LogP contribution in [0, 0.1) is 17.2 Å². The molecule has 0 amide bonds. The molecule has 0 atom stereocenters. The first-order valence-corrected chi connectivity index (χ1v) is 9.60. The maximum Gasteiger partial charge on any atom is 0.232 e. The van der Waals surface area contributed by atoms with E-state index >= 15 is 0 Å². The molecule has 0 spiro atoms. The molecule has 1 aliphatic carbocycles. The molecule has 6 nitrogen and oxygen atoms in total. The van der Waals surface area contributed by atoms with Crippen LogP contribution in [0.25, 0.3) is 22.0 Å². The molecule has 0 radical (unpaired) electrons. The van der Waals surface area contributed by atoms with Gasteiger partial charge in [0.2, 0.25) is 5.82 Å². The van der Waals surface area contributed by atoms with Gasteiger partial charge in [-0.1, -0.05) is 6.07 Å². The van der Waals surface area contributed by atoms with Gasteiger partial charge in [0.1, 0.15) is 6.07 Å². The van der Waals surface area contributed by atoms with Gasteiger partial charge in [0.15, 0.2) is 5.78 Å². The molecule has 0 unspecified atom stereocenters. The second-order valence-electron chi connectivity index (χ2n) is 6.97. The first-order valence-electron chi connectivity index (χ1n) is 9.60. The number of rotatable bonds is 6. The lowest BCUT2D eigenvalue weighted by Gasteiger charge is -2.25. The normalized spacial score (nSPS) is 13.3. The lowest BCUT2D eigenvalue weighted by Crippen LogP contribution is -2.25. The van der Waals surface area contributed by atoms with Crippen LogP contribution in [0.1, 0.15) is 42.9 Å². The average Bonchev–Trinajstić information content (AvgIpc) is 3.59. The minimum atomic E-state index is 0.142. The maximum absolute atomic E-state index is 12.9. The highest BCUT2D eigenvalue weighted by Crippen LogP contribution is 2.38. The van der Waals surface area contributed by atoms with Crippen LogP contribution in [-0.4, -0.2) is 33.8 Å². The fourth-order valence-corrected chi connectivity index (χ4v) is 3.52. The predicted molar refractivity (Wildman–Crippen MR) is 108 cm³/mol. The average molecular weight is 371 g/mol. The van der Waals surface area contributed by atoms with Crippen molar-refractivity contribution in [2.45, 2.75) is 26.7 Å². The van der Waals surface area contributed by atoms with Gasteiger partial charge in [-0.2, -0.15) is 5.26 Å². The van der Waals surface area contributed by atoms with Crippen molar-refractivity contribution in [3.8, 4) is 17.2 Å². The summed E-state index contributed by atoms with van der Waals surface area (Å²) in [6.45, 7) is 5.81. The summed E-state index contributed by atoms with van der Waals surface area (Å²) >= 11 is 0. The van der Waals surface area contributed by atoms with Crippen LogP contribution in [-0.2, 0) is 0 Å². The van der Waals surface area contributed by atoms with E-state index in [9.17, 15) is 4.79 Å². The van der Waals surface area contributed by atoms with Crippen LogP contribution in [0.4, 0.5) is 5.69 Å². The number of anilines is 1. The smallest absolute Gasteiger partial charge is 0.232 e. The van der Waals surface area contributed by atoms with Gasteiger partial charge < -0.3 is 4.90 Å². The van der Waals surface area contributed by atoms with Gasteiger partial charge in [0.25, 0.3) is 0 Å². The summed E-state index contributed by atoms with van der Waals surface area (Å²) < 4.78 is 0. The van der Waals surface area contributed by atoms with Crippen LogP contribution in [0.5, 0.6) is 0 Å². The summed E-state index contributed by atoms with van der Waals surface area (Å²) in [4.78, 5) is 27.8. The number of hydrogen-bond donors (Lipinski definition) is 0. The highest BCUT2D eigenvalue weighted by Gasteiger charge is 2.33. The van der Waals surface area contributed by atoms with E-state index in [1.165, 1.54) is 0 Å². The topological polar surface area (TPSA) is 82.8 Å². The van der Waals surface area contributed by atoms with Crippen LogP contribution >= 0.6 is 0 Å². The van der Waals surface area contributed by atoms with E-state index in [4.69, 9.17) is 5.26 Å². The van der Waals surface area contributed by atoms with Gasteiger partial charge in [0, 0.05) is 48.5 Å². The van der Waals surface area contributed by atoms with Gasteiger partial charge >= 0.3 is 0 Å². The number of carbonyl (C=O) groups is 1. The fourth-order valence-electron chi connectivity index (χ4n) is 3.52. The molecule has 1 aliphatic rings. The van der Waals surface area contributed by atoms with E-state index in [1.807, 2.05) is 24.3 Å². The Morgan fingerprint density at radius 1 is 1.11 bits per heavy atom. The second kappa shape index (κ2) is 7.35. The van der Waals surface area contributed by atoms with Gasteiger partial charge in [-0.15, -0.1) is 0 Å². The Hall–Kier alpha value is -3.33. The van der Waals surface area contributed by atoms with E-state index in [2.05, 4.69) is 33.7 Å². The van der Waals surface area contributed by atoms with E-state index in [0.717, 1.165) is 53.6 Å². The number of carbonyl (C=O) groups excluding carboxylic acids is 1. The third-order valence-corrected chi connectivity index (χ3v) is 5.22. The molecule has 1 saturated carbocycles. The second-order valence-corrected chi connectivity index (χ2v) is 6.97. The molecule has 2 heterocycles. The number of ketones is 1. The molecule has 140 valence electrons. The minimum absolute atomic E-state index is 0.142. The zero-order valence-electron chi connectivity index (χ0n) is 16.0. The molecule has 0 aliphatic heterocycles. The molecule has 1 aromatic carbocycles. The van der Waals surface area contributed by atoms with Gasteiger partial charge in [-0.25, -0.2) is 9.97 Å². The largest absolute Gasteiger partial charge is 0.371 e. The molecule has 28 heavy (non-hydrogen) atoms. The Balaban J connectivity index is 1.90. The molecule has 2 aromatic heterocycles. The molecule has 3 aromatic rings. The minimum Gasteiger partial charge on any atom is -0.371 e. The zero-order chi connectivity index (χ0) is 19.7. The number of pyridine rings is 1. The molecular formula is C22H21N5O. The molecular weight excluding hydrogens is 350 g/mol.